The zero-order chi connectivity index (χ0) is 22.1. The summed E-state index contributed by atoms with van der Waals surface area (Å²) in [5.41, 5.74) is 7.51. The summed E-state index contributed by atoms with van der Waals surface area (Å²) < 4.78 is 0. The third kappa shape index (κ3) is 3.99. The van der Waals surface area contributed by atoms with Crippen molar-refractivity contribution in [2.24, 2.45) is 0 Å². The molecular formula is C26H25N3O2. The van der Waals surface area contributed by atoms with Gasteiger partial charge in [0, 0.05) is 18.1 Å². The van der Waals surface area contributed by atoms with Crippen LogP contribution in [0.2, 0.25) is 0 Å². The average Bonchev–Trinajstić information content (AvgIpc) is 2.98. The minimum Gasteiger partial charge on any atom is -0.350 e. The fourth-order valence-corrected chi connectivity index (χ4v) is 3.64. The molecule has 1 aliphatic rings. The first-order valence-corrected chi connectivity index (χ1v) is 10.3. The molecule has 5 heteroatoms. The maximum absolute atomic E-state index is 13.4. The highest BCUT2D eigenvalue weighted by Crippen LogP contribution is 2.32. The molecule has 156 valence electrons. The van der Waals surface area contributed by atoms with E-state index in [4.69, 9.17) is 0 Å². The molecule has 0 radical (unpaired) electrons. The molecule has 0 fully saturated rings. The minimum absolute atomic E-state index is 0.179. The Bertz CT molecular complexity index is 1210. The number of pyridine rings is 1. The van der Waals surface area contributed by atoms with E-state index in [0.29, 0.717) is 11.3 Å². The number of rotatable bonds is 5. The van der Waals surface area contributed by atoms with Crippen molar-refractivity contribution in [1.82, 2.24) is 9.88 Å². The molecule has 0 atom stereocenters. The van der Waals surface area contributed by atoms with E-state index in [0.717, 1.165) is 33.5 Å². The van der Waals surface area contributed by atoms with Gasteiger partial charge in [0.1, 0.15) is 5.70 Å². The molecule has 0 unspecified atom stereocenters. The normalized spacial score (nSPS) is 13.9. The summed E-state index contributed by atoms with van der Waals surface area (Å²) in [5.74, 6) is -0.635. The van der Waals surface area contributed by atoms with Crippen LogP contribution < -0.4 is 5.32 Å². The van der Waals surface area contributed by atoms with E-state index in [1.165, 1.54) is 10.5 Å². The smallest absolute Gasteiger partial charge is 0.278 e. The van der Waals surface area contributed by atoms with Crippen LogP contribution in [0.25, 0.3) is 5.57 Å². The van der Waals surface area contributed by atoms with Crippen LogP contribution in [0, 0.1) is 27.7 Å². The van der Waals surface area contributed by atoms with Crippen molar-refractivity contribution in [2.75, 3.05) is 5.32 Å². The van der Waals surface area contributed by atoms with Crippen molar-refractivity contribution in [1.29, 1.82) is 0 Å². The molecule has 0 aliphatic carbocycles. The van der Waals surface area contributed by atoms with Crippen molar-refractivity contribution in [3.63, 3.8) is 0 Å². The molecule has 1 aliphatic heterocycles. The van der Waals surface area contributed by atoms with Crippen molar-refractivity contribution < 1.29 is 9.59 Å². The van der Waals surface area contributed by atoms with Crippen molar-refractivity contribution in [3.8, 4) is 0 Å². The lowest BCUT2D eigenvalue weighted by Gasteiger charge is -2.15. The molecule has 2 amide bonds. The van der Waals surface area contributed by atoms with Gasteiger partial charge in [-0.1, -0.05) is 30.3 Å². The first kappa shape index (κ1) is 20.5. The Labute approximate surface area is 182 Å². The third-order valence-corrected chi connectivity index (χ3v) is 5.80. The number of nitrogens with one attached hydrogen (secondary N) is 1. The Kier molecular flexibility index (Phi) is 5.42. The predicted octanol–water partition coefficient (Wildman–Crippen LogP) is 4.71. The van der Waals surface area contributed by atoms with Crippen LogP contribution in [0.15, 0.2) is 66.6 Å². The Hall–Kier alpha value is -3.73. The van der Waals surface area contributed by atoms with Crippen LogP contribution in [0.1, 0.15) is 33.4 Å². The fourth-order valence-electron chi connectivity index (χ4n) is 3.64. The van der Waals surface area contributed by atoms with Gasteiger partial charge in [-0.2, -0.15) is 0 Å². The molecule has 0 saturated carbocycles. The number of benzene rings is 2. The number of hydrogen-bond acceptors (Lipinski definition) is 4. The standard InChI is InChI=1S/C26H25N3O2/c1-16-7-9-21(12-18(16)3)23-24(28-22-10-8-17(2)19(4)13-22)26(31)29(25(23)30)15-20-6-5-11-27-14-20/h5-14,28H,15H2,1-4H3. The first-order chi connectivity index (χ1) is 14.8. The molecular weight excluding hydrogens is 386 g/mol. The van der Waals surface area contributed by atoms with Crippen LogP contribution in [-0.4, -0.2) is 21.7 Å². The molecule has 1 aromatic heterocycles. The summed E-state index contributed by atoms with van der Waals surface area (Å²) in [6, 6.07) is 15.4. The van der Waals surface area contributed by atoms with Gasteiger partial charge in [0.05, 0.1) is 12.1 Å². The second kappa shape index (κ2) is 8.19. The predicted molar refractivity (Wildman–Crippen MR) is 122 cm³/mol. The Morgan fingerprint density at radius 2 is 1.55 bits per heavy atom. The second-order valence-electron chi connectivity index (χ2n) is 8.03. The van der Waals surface area contributed by atoms with Gasteiger partial charge in [-0.05, 0) is 79.3 Å². The monoisotopic (exact) mass is 411 g/mol. The summed E-state index contributed by atoms with van der Waals surface area (Å²) in [4.78, 5) is 32.2. The third-order valence-electron chi connectivity index (χ3n) is 5.80. The summed E-state index contributed by atoms with van der Waals surface area (Å²) >= 11 is 0. The summed E-state index contributed by atoms with van der Waals surface area (Å²) in [6.07, 6.45) is 3.34. The van der Waals surface area contributed by atoms with Crippen molar-refractivity contribution in [2.45, 2.75) is 34.2 Å². The zero-order valence-corrected chi connectivity index (χ0v) is 18.2. The number of hydrogen-bond donors (Lipinski definition) is 1. The van der Waals surface area contributed by atoms with E-state index in [9.17, 15) is 9.59 Å². The van der Waals surface area contributed by atoms with Gasteiger partial charge in [-0.15, -0.1) is 0 Å². The molecule has 0 saturated heterocycles. The van der Waals surface area contributed by atoms with Crippen LogP contribution in [0.3, 0.4) is 0 Å². The van der Waals surface area contributed by atoms with E-state index in [1.807, 2.05) is 70.2 Å². The fraction of sp³-hybridized carbons (Fsp3) is 0.192. The van der Waals surface area contributed by atoms with Crippen molar-refractivity contribution >= 4 is 23.1 Å². The van der Waals surface area contributed by atoms with E-state index in [2.05, 4.69) is 10.3 Å². The van der Waals surface area contributed by atoms with E-state index in [1.54, 1.807) is 18.5 Å². The molecule has 2 heterocycles. The van der Waals surface area contributed by atoms with Crippen LogP contribution >= 0.6 is 0 Å². The number of nitrogens with zero attached hydrogens (tertiary/aromatic N) is 2. The van der Waals surface area contributed by atoms with Crippen LogP contribution in [0.5, 0.6) is 0 Å². The highest BCUT2D eigenvalue weighted by atomic mass is 16.2. The number of carbonyl (C=O) groups excluding carboxylic acids is 2. The maximum Gasteiger partial charge on any atom is 0.278 e. The largest absolute Gasteiger partial charge is 0.350 e. The number of aromatic nitrogens is 1. The van der Waals surface area contributed by atoms with Gasteiger partial charge in [-0.3, -0.25) is 19.5 Å². The molecule has 5 nitrogen and oxygen atoms in total. The maximum atomic E-state index is 13.4. The average molecular weight is 412 g/mol. The molecule has 4 rings (SSSR count). The van der Waals surface area contributed by atoms with Crippen molar-refractivity contribution in [3.05, 3.63) is 100 Å². The molecule has 3 aromatic rings. The quantitative estimate of drug-likeness (QED) is 0.618. The SMILES string of the molecule is Cc1ccc(NC2=C(c3ccc(C)c(C)c3)C(=O)N(Cc3cccnc3)C2=O)cc1C. The lowest BCUT2D eigenvalue weighted by molar-refractivity contribution is -0.137. The highest BCUT2D eigenvalue weighted by molar-refractivity contribution is 6.36. The lowest BCUT2D eigenvalue weighted by atomic mass is 9.99. The zero-order valence-electron chi connectivity index (χ0n) is 18.2. The van der Waals surface area contributed by atoms with E-state index >= 15 is 0 Å². The number of carbonyl (C=O) groups is 2. The Morgan fingerprint density at radius 1 is 0.839 bits per heavy atom. The lowest BCUT2D eigenvalue weighted by Crippen LogP contribution is -2.32. The summed E-state index contributed by atoms with van der Waals surface area (Å²) in [7, 11) is 0. The number of imide groups is 1. The Balaban J connectivity index is 1.78. The molecule has 31 heavy (non-hydrogen) atoms. The first-order valence-electron chi connectivity index (χ1n) is 10.3. The van der Waals surface area contributed by atoms with Crippen LogP contribution in [0.4, 0.5) is 5.69 Å². The van der Waals surface area contributed by atoms with Gasteiger partial charge in [0.15, 0.2) is 0 Å². The Morgan fingerprint density at radius 3 is 2.19 bits per heavy atom. The number of aryl methyl sites for hydroxylation is 4. The molecule has 1 N–H and O–H groups in total. The summed E-state index contributed by atoms with van der Waals surface area (Å²) in [6.45, 7) is 8.27. The number of amides is 2. The molecule has 2 aromatic carbocycles. The highest BCUT2D eigenvalue weighted by Gasteiger charge is 2.39. The van der Waals surface area contributed by atoms with Gasteiger partial charge >= 0.3 is 0 Å². The summed E-state index contributed by atoms with van der Waals surface area (Å²) in [5, 5.41) is 3.24. The van der Waals surface area contributed by atoms with Gasteiger partial charge in [-0.25, -0.2) is 0 Å². The topological polar surface area (TPSA) is 62.3 Å². The van der Waals surface area contributed by atoms with Gasteiger partial charge < -0.3 is 5.32 Å². The van der Waals surface area contributed by atoms with E-state index < -0.39 is 0 Å². The van der Waals surface area contributed by atoms with Gasteiger partial charge in [0.2, 0.25) is 0 Å². The molecule has 0 spiro atoms. The molecule has 0 bridgehead atoms. The second-order valence-corrected chi connectivity index (χ2v) is 8.03. The number of anilines is 1. The van der Waals surface area contributed by atoms with Gasteiger partial charge in [0.25, 0.3) is 11.8 Å². The van der Waals surface area contributed by atoms with E-state index in [-0.39, 0.29) is 18.4 Å². The van der Waals surface area contributed by atoms with Crippen LogP contribution in [-0.2, 0) is 16.1 Å². The minimum atomic E-state index is -0.333.